The van der Waals surface area contributed by atoms with Gasteiger partial charge in [0.15, 0.2) is 9.84 Å². The lowest BCUT2D eigenvalue weighted by Gasteiger charge is -2.07. The summed E-state index contributed by atoms with van der Waals surface area (Å²) in [5.74, 6) is 0.370. The van der Waals surface area contributed by atoms with Crippen LogP contribution in [0, 0.1) is 6.92 Å². The first-order valence-electron chi connectivity index (χ1n) is 5.36. The molecule has 0 N–H and O–H groups in total. The van der Waals surface area contributed by atoms with Gasteiger partial charge < -0.3 is 4.74 Å². The molecule has 0 radical (unpaired) electrons. The lowest BCUT2D eigenvalue weighted by atomic mass is 10.2. The molecule has 1 heterocycles. The molecule has 0 unspecified atom stereocenters. The van der Waals surface area contributed by atoms with Gasteiger partial charge in [0.05, 0.1) is 18.6 Å². The molecule has 6 heteroatoms. The number of hydrogen-bond acceptors (Lipinski definition) is 4. The van der Waals surface area contributed by atoms with Crippen molar-refractivity contribution in [3.05, 3.63) is 34.5 Å². The maximum atomic E-state index is 11.8. The second kappa shape index (κ2) is 6.20. The first kappa shape index (κ1) is 15.0. The minimum Gasteiger partial charge on any atom is -0.481 e. The van der Waals surface area contributed by atoms with Gasteiger partial charge in [0.25, 0.3) is 0 Å². The van der Waals surface area contributed by atoms with Crippen LogP contribution in [0.25, 0.3) is 0 Å². The highest BCUT2D eigenvalue weighted by Gasteiger charge is 2.13. The van der Waals surface area contributed by atoms with E-state index >= 15 is 0 Å². The molecule has 1 aromatic rings. The van der Waals surface area contributed by atoms with Gasteiger partial charge >= 0.3 is 0 Å². The van der Waals surface area contributed by atoms with Gasteiger partial charge in [-0.3, -0.25) is 0 Å². The summed E-state index contributed by atoms with van der Waals surface area (Å²) in [6.07, 6.45) is 3.02. The van der Waals surface area contributed by atoms with E-state index in [9.17, 15) is 8.42 Å². The maximum absolute atomic E-state index is 11.8. The predicted octanol–water partition coefficient (Wildman–Crippen LogP) is 2.46. The van der Waals surface area contributed by atoms with Crippen molar-refractivity contribution < 1.29 is 13.2 Å². The van der Waals surface area contributed by atoms with Crippen molar-refractivity contribution in [1.29, 1.82) is 0 Å². The molecule has 0 aliphatic carbocycles. The Balaban J connectivity index is 2.88. The molecule has 0 amide bonds. The van der Waals surface area contributed by atoms with E-state index in [2.05, 4.69) is 4.98 Å². The van der Waals surface area contributed by atoms with E-state index in [1.165, 1.54) is 19.4 Å². The lowest BCUT2D eigenvalue weighted by Crippen LogP contribution is -2.09. The monoisotopic (exact) mass is 289 g/mol. The second-order valence-corrected chi connectivity index (χ2v) is 6.70. The molecule has 0 aliphatic rings. The Morgan fingerprint density at radius 2 is 2.22 bits per heavy atom. The van der Waals surface area contributed by atoms with E-state index < -0.39 is 9.84 Å². The van der Waals surface area contributed by atoms with Gasteiger partial charge in [0, 0.05) is 17.3 Å². The summed E-state index contributed by atoms with van der Waals surface area (Å²) in [6, 6.07) is 1.72. The molecule has 0 aromatic carbocycles. The Hall–Kier alpha value is -1.07. The van der Waals surface area contributed by atoms with E-state index in [1.54, 1.807) is 13.0 Å². The minimum absolute atomic E-state index is 0.0451. The van der Waals surface area contributed by atoms with Crippen molar-refractivity contribution in [2.75, 3.05) is 12.9 Å². The molecule has 1 rings (SSSR count). The van der Waals surface area contributed by atoms with Crippen LogP contribution in [0.5, 0.6) is 5.88 Å². The average molecular weight is 290 g/mol. The van der Waals surface area contributed by atoms with Crippen LogP contribution in [-0.4, -0.2) is 26.3 Å². The number of hydrogen-bond donors (Lipinski definition) is 0. The molecule has 0 spiro atoms. The van der Waals surface area contributed by atoms with Crippen molar-refractivity contribution in [3.63, 3.8) is 0 Å². The molecule has 0 bridgehead atoms. The molecular weight excluding hydrogens is 274 g/mol. The Kier molecular flexibility index (Phi) is 5.16. The van der Waals surface area contributed by atoms with Gasteiger partial charge in [-0.25, -0.2) is 13.4 Å². The largest absolute Gasteiger partial charge is 0.481 e. The number of aromatic nitrogens is 1. The summed E-state index contributed by atoms with van der Waals surface area (Å²) in [6.45, 7) is 3.48. The summed E-state index contributed by atoms with van der Waals surface area (Å²) in [5.41, 5.74) is 1.52. The number of halogens is 1. The lowest BCUT2D eigenvalue weighted by molar-refractivity contribution is 0.397. The summed E-state index contributed by atoms with van der Waals surface area (Å²) in [4.78, 5) is 4.01. The standard InChI is InChI=1S/C12H16ClNO3S/c1-9-6-12(17-3)14-7-11(9)8-18(15,16)5-4-10(2)13/h4,6-7H,5,8H2,1-3H3/b10-4-. The second-order valence-electron chi connectivity index (χ2n) is 4.00. The van der Waals surface area contributed by atoms with Gasteiger partial charge in [-0.05, 0) is 25.0 Å². The highest BCUT2D eigenvalue weighted by atomic mass is 35.5. The average Bonchev–Trinajstić information content (AvgIpc) is 2.29. The number of nitrogens with zero attached hydrogens (tertiary/aromatic N) is 1. The zero-order valence-electron chi connectivity index (χ0n) is 10.6. The summed E-state index contributed by atoms with van der Waals surface area (Å²) in [5, 5.41) is 0.475. The smallest absolute Gasteiger partial charge is 0.213 e. The number of methoxy groups -OCH3 is 1. The van der Waals surface area contributed by atoms with Crippen molar-refractivity contribution in [2.45, 2.75) is 19.6 Å². The topological polar surface area (TPSA) is 56.3 Å². The van der Waals surface area contributed by atoms with Crippen LogP contribution in [0.1, 0.15) is 18.1 Å². The quantitative estimate of drug-likeness (QED) is 0.835. The Labute approximate surface area is 113 Å². The molecule has 18 heavy (non-hydrogen) atoms. The molecule has 100 valence electrons. The Bertz CT molecular complexity index is 548. The molecule has 4 nitrogen and oxygen atoms in total. The highest BCUT2D eigenvalue weighted by Crippen LogP contribution is 2.16. The van der Waals surface area contributed by atoms with Crippen LogP contribution in [0.2, 0.25) is 0 Å². The molecule has 0 aliphatic heterocycles. The van der Waals surface area contributed by atoms with E-state index in [0.717, 1.165) is 5.56 Å². The van der Waals surface area contributed by atoms with Crippen LogP contribution in [0.3, 0.4) is 0 Å². The third-order valence-corrected chi connectivity index (χ3v) is 3.98. The number of allylic oxidation sites excluding steroid dienone is 1. The molecule has 0 atom stereocenters. The Morgan fingerprint density at radius 1 is 1.56 bits per heavy atom. The molecule has 0 saturated carbocycles. The van der Waals surface area contributed by atoms with Crippen molar-refractivity contribution >= 4 is 21.4 Å². The van der Waals surface area contributed by atoms with E-state index in [4.69, 9.17) is 16.3 Å². The van der Waals surface area contributed by atoms with Crippen LogP contribution in [0.4, 0.5) is 0 Å². The van der Waals surface area contributed by atoms with Gasteiger partial charge in [0.2, 0.25) is 5.88 Å². The van der Waals surface area contributed by atoms with Crippen LogP contribution < -0.4 is 4.74 Å². The third-order valence-electron chi connectivity index (χ3n) is 2.40. The Morgan fingerprint density at radius 3 is 2.72 bits per heavy atom. The molecule has 0 saturated heterocycles. The number of aryl methyl sites for hydroxylation is 1. The predicted molar refractivity (Wildman–Crippen MR) is 72.6 cm³/mol. The normalized spacial score (nSPS) is 12.6. The van der Waals surface area contributed by atoms with Crippen molar-refractivity contribution in [2.24, 2.45) is 0 Å². The summed E-state index contributed by atoms with van der Waals surface area (Å²) < 4.78 is 28.7. The van der Waals surface area contributed by atoms with Gasteiger partial charge in [-0.1, -0.05) is 17.7 Å². The summed E-state index contributed by atoms with van der Waals surface area (Å²) >= 11 is 5.63. The van der Waals surface area contributed by atoms with Crippen LogP contribution in [-0.2, 0) is 15.6 Å². The first-order chi connectivity index (χ1) is 8.34. The van der Waals surface area contributed by atoms with E-state index in [-0.39, 0.29) is 11.5 Å². The van der Waals surface area contributed by atoms with Crippen LogP contribution in [0.15, 0.2) is 23.4 Å². The molecule has 0 fully saturated rings. The number of ether oxygens (including phenoxy) is 1. The van der Waals surface area contributed by atoms with Gasteiger partial charge in [-0.15, -0.1) is 0 Å². The fraction of sp³-hybridized carbons (Fsp3) is 0.417. The maximum Gasteiger partial charge on any atom is 0.213 e. The zero-order valence-corrected chi connectivity index (χ0v) is 12.2. The third kappa shape index (κ3) is 4.66. The molecule has 1 aromatic heterocycles. The number of pyridine rings is 1. The molecular formula is C12H16ClNO3S. The summed E-state index contributed by atoms with van der Waals surface area (Å²) in [7, 11) is -1.69. The zero-order chi connectivity index (χ0) is 13.8. The van der Waals surface area contributed by atoms with E-state index in [1.807, 2.05) is 6.92 Å². The fourth-order valence-electron chi connectivity index (χ4n) is 1.36. The number of rotatable bonds is 5. The van der Waals surface area contributed by atoms with Crippen LogP contribution >= 0.6 is 11.6 Å². The first-order valence-corrected chi connectivity index (χ1v) is 7.56. The SMILES string of the molecule is COc1cc(C)c(CS(=O)(=O)C/C=C(/C)Cl)cn1. The van der Waals surface area contributed by atoms with Gasteiger partial charge in [0.1, 0.15) is 0 Å². The van der Waals surface area contributed by atoms with E-state index in [0.29, 0.717) is 16.5 Å². The minimum atomic E-state index is -3.21. The van der Waals surface area contributed by atoms with Crippen molar-refractivity contribution in [1.82, 2.24) is 4.98 Å². The fourth-order valence-corrected chi connectivity index (χ4v) is 2.93. The highest BCUT2D eigenvalue weighted by molar-refractivity contribution is 7.90. The van der Waals surface area contributed by atoms with Crippen molar-refractivity contribution in [3.8, 4) is 5.88 Å². The van der Waals surface area contributed by atoms with Gasteiger partial charge in [-0.2, -0.15) is 0 Å². The number of sulfone groups is 1.